The molecule has 1 aliphatic carbocycles. The Bertz CT molecular complexity index is 1660. The molecule has 1 saturated heterocycles. The van der Waals surface area contributed by atoms with E-state index in [1.165, 1.54) is 17.7 Å². The van der Waals surface area contributed by atoms with Gasteiger partial charge in [-0.15, -0.1) is 0 Å². The Balaban J connectivity index is 1.21. The Morgan fingerprint density at radius 2 is 1.73 bits per heavy atom. The predicted octanol–water partition coefficient (Wildman–Crippen LogP) is 5.45. The number of nitro groups is 1. The minimum absolute atomic E-state index is 0.0515. The Kier molecular flexibility index (Phi) is 6.17. The van der Waals surface area contributed by atoms with E-state index in [2.05, 4.69) is 46.5 Å². The van der Waals surface area contributed by atoms with Crippen LogP contribution in [0.1, 0.15) is 74.1 Å². The fraction of sp³-hybridized carbons (Fsp3) is 0.323. The number of H-pyrrole nitrogens is 1. The largest absolute Gasteiger partial charge is 0.345 e. The number of fused-ring (bicyclic) bond motifs is 3. The molecular formula is C31H31N5O4. The number of non-ortho nitro benzene ring substituents is 1. The van der Waals surface area contributed by atoms with E-state index in [9.17, 15) is 19.7 Å². The minimum Gasteiger partial charge on any atom is -0.345 e. The van der Waals surface area contributed by atoms with Gasteiger partial charge in [-0.3, -0.25) is 19.7 Å². The van der Waals surface area contributed by atoms with Crippen LogP contribution in [0.4, 0.5) is 5.69 Å². The molecular weight excluding hydrogens is 506 g/mol. The average molecular weight is 538 g/mol. The summed E-state index contributed by atoms with van der Waals surface area (Å²) in [4.78, 5) is 46.4. The van der Waals surface area contributed by atoms with Crippen molar-refractivity contribution in [2.45, 2.75) is 51.5 Å². The summed E-state index contributed by atoms with van der Waals surface area (Å²) in [6, 6.07) is 16.6. The normalized spacial score (nSPS) is 17.7. The Labute approximate surface area is 231 Å². The lowest BCUT2D eigenvalue weighted by Gasteiger charge is -2.40. The number of aromatic amines is 1. The molecule has 2 heterocycles. The number of amides is 2. The minimum atomic E-state index is -0.468. The number of benzene rings is 3. The molecule has 1 spiro atoms. The molecule has 9 heteroatoms. The number of aromatic nitrogens is 2. The fourth-order valence-corrected chi connectivity index (χ4v) is 6.51. The van der Waals surface area contributed by atoms with Gasteiger partial charge in [0.2, 0.25) is 0 Å². The molecule has 1 fully saturated rings. The van der Waals surface area contributed by atoms with E-state index in [1.807, 2.05) is 26.0 Å². The summed E-state index contributed by atoms with van der Waals surface area (Å²) in [6.07, 6.45) is 2.34. The van der Waals surface area contributed by atoms with Crippen molar-refractivity contribution in [1.29, 1.82) is 0 Å². The zero-order valence-corrected chi connectivity index (χ0v) is 22.8. The van der Waals surface area contributed by atoms with Gasteiger partial charge < -0.3 is 15.2 Å². The van der Waals surface area contributed by atoms with Crippen molar-refractivity contribution in [3.63, 3.8) is 0 Å². The molecule has 1 unspecified atom stereocenters. The predicted molar refractivity (Wildman–Crippen MR) is 151 cm³/mol. The first-order valence-corrected chi connectivity index (χ1v) is 13.6. The third kappa shape index (κ3) is 4.51. The quantitative estimate of drug-likeness (QED) is 0.265. The fourth-order valence-electron chi connectivity index (χ4n) is 6.51. The number of hydrogen-bond acceptors (Lipinski definition) is 5. The van der Waals surface area contributed by atoms with Gasteiger partial charge in [0, 0.05) is 36.2 Å². The molecule has 9 nitrogen and oxygen atoms in total. The summed E-state index contributed by atoms with van der Waals surface area (Å²) in [5.41, 5.74) is 7.16. The summed E-state index contributed by atoms with van der Waals surface area (Å²) in [6.45, 7) is 7.17. The number of nitrogens with zero attached hydrogens (tertiary/aromatic N) is 3. The van der Waals surface area contributed by atoms with Crippen LogP contribution in [0, 0.1) is 30.9 Å². The van der Waals surface area contributed by atoms with Crippen LogP contribution in [0.3, 0.4) is 0 Å². The number of aryl methyl sites for hydroxylation is 3. The molecule has 2 N–H and O–H groups in total. The van der Waals surface area contributed by atoms with E-state index in [4.69, 9.17) is 0 Å². The van der Waals surface area contributed by atoms with Crippen LogP contribution in [-0.2, 0) is 5.41 Å². The second kappa shape index (κ2) is 9.59. The number of piperidine rings is 1. The van der Waals surface area contributed by atoms with Crippen molar-refractivity contribution < 1.29 is 14.5 Å². The molecule has 3 aromatic carbocycles. The van der Waals surface area contributed by atoms with Crippen LogP contribution in [-0.4, -0.2) is 44.7 Å². The van der Waals surface area contributed by atoms with Gasteiger partial charge in [0.25, 0.3) is 17.5 Å². The van der Waals surface area contributed by atoms with Crippen molar-refractivity contribution in [2.24, 2.45) is 0 Å². The highest BCUT2D eigenvalue weighted by molar-refractivity contribution is 5.95. The van der Waals surface area contributed by atoms with Gasteiger partial charge in [-0.05, 0) is 69.4 Å². The first-order valence-electron chi connectivity index (χ1n) is 13.6. The maximum atomic E-state index is 13.3. The zero-order chi connectivity index (χ0) is 28.2. The van der Waals surface area contributed by atoms with Gasteiger partial charge in [-0.25, -0.2) is 4.98 Å². The Hall–Kier alpha value is -4.53. The molecule has 204 valence electrons. The third-order valence-electron chi connectivity index (χ3n) is 8.42. The summed E-state index contributed by atoms with van der Waals surface area (Å²) in [5, 5.41) is 14.4. The smallest absolute Gasteiger partial charge is 0.289 e. The lowest BCUT2D eigenvalue weighted by Crippen LogP contribution is -2.45. The number of nitrogens with one attached hydrogen (secondary N) is 2. The van der Waals surface area contributed by atoms with Crippen LogP contribution in [0.25, 0.3) is 11.0 Å². The van der Waals surface area contributed by atoms with Crippen molar-refractivity contribution >= 4 is 28.5 Å². The summed E-state index contributed by atoms with van der Waals surface area (Å²) in [5.74, 6) is -0.0953. The van der Waals surface area contributed by atoms with E-state index in [0.717, 1.165) is 41.5 Å². The standard InChI is InChI=1S/C31H31N5O4/c1-18-4-6-24-23(15-18)27(34-29(37)21-13-19(2)12-20(3)14-21)17-31(24)8-10-35(11-9-31)30(38)28-32-25-7-5-22(36(39)40)16-26(25)33-28/h4-7,12-16,27H,8-11,17H2,1-3H3,(H,32,33)(H,34,37). The molecule has 2 aliphatic rings. The van der Waals surface area contributed by atoms with Crippen LogP contribution in [0.5, 0.6) is 0 Å². The molecule has 4 aromatic rings. The molecule has 0 radical (unpaired) electrons. The Morgan fingerprint density at radius 1 is 1.00 bits per heavy atom. The van der Waals surface area contributed by atoms with Crippen LogP contribution in [0.15, 0.2) is 54.6 Å². The van der Waals surface area contributed by atoms with Gasteiger partial charge in [0.05, 0.1) is 22.0 Å². The maximum absolute atomic E-state index is 13.3. The second-order valence-corrected chi connectivity index (χ2v) is 11.3. The molecule has 1 aromatic heterocycles. The number of hydrogen-bond donors (Lipinski definition) is 2. The highest BCUT2D eigenvalue weighted by atomic mass is 16.6. The molecule has 1 aliphatic heterocycles. The van der Waals surface area contributed by atoms with E-state index < -0.39 is 4.92 Å². The molecule has 40 heavy (non-hydrogen) atoms. The maximum Gasteiger partial charge on any atom is 0.289 e. The lowest BCUT2D eigenvalue weighted by atomic mass is 9.73. The first-order chi connectivity index (χ1) is 19.1. The monoisotopic (exact) mass is 537 g/mol. The number of nitro benzene ring substituents is 1. The van der Waals surface area contributed by atoms with Crippen LogP contribution >= 0.6 is 0 Å². The number of likely N-dealkylation sites (tertiary alicyclic amines) is 1. The summed E-state index contributed by atoms with van der Waals surface area (Å²) in [7, 11) is 0. The number of rotatable bonds is 4. The highest BCUT2D eigenvalue weighted by Gasteiger charge is 2.46. The molecule has 1 atom stereocenters. The van der Waals surface area contributed by atoms with Gasteiger partial charge in [0.1, 0.15) is 0 Å². The Morgan fingerprint density at radius 3 is 2.42 bits per heavy atom. The first kappa shape index (κ1) is 25.7. The molecule has 6 rings (SSSR count). The van der Waals surface area contributed by atoms with Gasteiger partial charge in [-0.2, -0.15) is 0 Å². The van der Waals surface area contributed by atoms with E-state index >= 15 is 0 Å². The molecule has 0 bridgehead atoms. The van der Waals surface area contributed by atoms with Gasteiger partial charge in [0.15, 0.2) is 5.82 Å². The van der Waals surface area contributed by atoms with Crippen molar-refractivity contribution in [2.75, 3.05) is 13.1 Å². The SMILES string of the molecule is Cc1cc(C)cc(C(=O)NC2CC3(CCN(C(=O)c4nc5ccc([N+](=O)[O-])cc5[nH]4)CC3)c3ccc(C)cc32)c1. The van der Waals surface area contributed by atoms with Crippen molar-refractivity contribution in [1.82, 2.24) is 20.2 Å². The van der Waals surface area contributed by atoms with E-state index in [-0.39, 0.29) is 34.8 Å². The molecule has 0 saturated carbocycles. The van der Waals surface area contributed by atoms with Gasteiger partial charge >= 0.3 is 0 Å². The third-order valence-corrected chi connectivity index (χ3v) is 8.42. The van der Waals surface area contributed by atoms with Gasteiger partial charge in [-0.1, -0.05) is 41.0 Å². The van der Waals surface area contributed by atoms with Crippen LogP contribution in [0.2, 0.25) is 0 Å². The van der Waals surface area contributed by atoms with Crippen molar-refractivity contribution in [3.8, 4) is 0 Å². The average Bonchev–Trinajstić information content (AvgIpc) is 3.47. The van der Waals surface area contributed by atoms with E-state index in [1.54, 1.807) is 11.0 Å². The zero-order valence-electron chi connectivity index (χ0n) is 22.8. The highest BCUT2D eigenvalue weighted by Crippen LogP contribution is 2.51. The second-order valence-electron chi connectivity index (χ2n) is 11.3. The van der Waals surface area contributed by atoms with E-state index in [0.29, 0.717) is 29.7 Å². The number of imidazole rings is 1. The van der Waals surface area contributed by atoms with Crippen LogP contribution < -0.4 is 5.32 Å². The molecule has 2 amide bonds. The van der Waals surface area contributed by atoms with Crippen molar-refractivity contribution in [3.05, 3.63) is 104 Å². The number of carbonyl (C=O) groups excluding carboxylic acids is 2. The topological polar surface area (TPSA) is 121 Å². The number of carbonyl (C=O) groups is 2. The summed E-state index contributed by atoms with van der Waals surface area (Å²) < 4.78 is 0. The summed E-state index contributed by atoms with van der Waals surface area (Å²) >= 11 is 0. The lowest BCUT2D eigenvalue weighted by molar-refractivity contribution is -0.384.